The van der Waals surface area contributed by atoms with Crippen molar-refractivity contribution in [1.29, 1.82) is 0 Å². The Morgan fingerprint density at radius 3 is 2.69 bits per heavy atom. The number of aliphatic hydroxyl groups excluding tert-OH is 1. The van der Waals surface area contributed by atoms with Gasteiger partial charge in [-0.1, -0.05) is 17.7 Å². The number of hydrogen-bond donors (Lipinski definition) is 3. The SMILES string of the molecule is C[C@@H](CO)Nc1nc(Nc2ccc(F)c(Cl)c2)cc(-c2ccccn2)n1. The van der Waals surface area contributed by atoms with E-state index in [0.717, 1.165) is 0 Å². The minimum Gasteiger partial charge on any atom is -0.394 e. The average molecular weight is 374 g/mol. The molecule has 0 saturated heterocycles. The lowest BCUT2D eigenvalue weighted by Gasteiger charge is -2.14. The Kier molecular flexibility index (Phi) is 5.60. The van der Waals surface area contributed by atoms with Crippen LogP contribution in [0.15, 0.2) is 48.7 Å². The van der Waals surface area contributed by atoms with Crippen molar-refractivity contribution in [2.75, 3.05) is 17.2 Å². The van der Waals surface area contributed by atoms with E-state index in [1.807, 2.05) is 25.1 Å². The summed E-state index contributed by atoms with van der Waals surface area (Å²) in [4.78, 5) is 13.1. The molecule has 0 amide bonds. The molecule has 3 N–H and O–H groups in total. The van der Waals surface area contributed by atoms with Crippen molar-refractivity contribution in [2.45, 2.75) is 13.0 Å². The van der Waals surface area contributed by atoms with E-state index in [-0.39, 0.29) is 17.7 Å². The average Bonchev–Trinajstić information content (AvgIpc) is 2.65. The molecular formula is C18H17ClFN5O. The van der Waals surface area contributed by atoms with E-state index in [9.17, 15) is 9.50 Å². The molecule has 134 valence electrons. The van der Waals surface area contributed by atoms with Gasteiger partial charge in [0.05, 0.1) is 23.0 Å². The van der Waals surface area contributed by atoms with Gasteiger partial charge in [0.25, 0.3) is 0 Å². The lowest BCUT2D eigenvalue weighted by atomic mass is 10.2. The molecule has 1 aromatic carbocycles. The number of aliphatic hydroxyl groups is 1. The fourth-order valence-electron chi connectivity index (χ4n) is 2.21. The van der Waals surface area contributed by atoms with Gasteiger partial charge in [0.15, 0.2) is 0 Å². The molecule has 0 aliphatic heterocycles. The smallest absolute Gasteiger partial charge is 0.225 e. The summed E-state index contributed by atoms with van der Waals surface area (Å²) in [7, 11) is 0. The Morgan fingerprint density at radius 1 is 1.15 bits per heavy atom. The van der Waals surface area contributed by atoms with Crippen molar-refractivity contribution in [3.8, 4) is 11.4 Å². The maximum Gasteiger partial charge on any atom is 0.225 e. The zero-order valence-corrected chi connectivity index (χ0v) is 14.7. The van der Waals surface area contributed by atoms with Crippen LogP contribution in [-0.4, -0.2) is 32.7 Å². The molecule has 0 fully saturated rings. The molecule has 26 heavy (non-hydrogen) atoms. The van der Waals surface area contributed by atoms with Gasteiger partial charge in [-0.2, -0.15) is 4.98 Å². The van der Waals surface area contributed by atoms with Crippen molar-refractivity contribution >= 4 is 29.1 Å². The van der Waals surface area contributed by atoms with Crippen LogP contribution in [0.2, 0.25) is 5.02 Å². The second kappa shape index (κ2) is 8.07. The van der Waals surface area contributed by atoms with Crippen LogP contribution in [0.25, 0.3) is 11.4 Å². The number of rotatable bonds is 6. The van der Waals surface area contributed by atoms with Crippen molar-refractivity contribution in [2.24, 2.45) is 0 Å². The zero-order chi connectivity index (χ0) is 18.5. The maximum absolute atomic E-state index is 13.3. The molecule has 0 radical (unpaired) electrons. The highest BCUT2D eigenvalue weighted by Crippen LogP contribution is 2.25. The van der Waals surface area contributed by atoms with E-state index in [4.69, 9.17) is 11.6 Å². The van der Waals surface area contributed by atoms with E-state index < -0.39 is 5.82 Å². The lowest BCUT2D eigenvalue weighted by Crippen LogP contribution is -2.21. The van der Waals surface area contributed by atoms with Crippen LogP contribution in [-0.2, 0) is 0 Å². The Morgan fingerprint density at radius 2 is 2.00 bits per heavy atom. The van der Waals surface area contributed by atoms with Gasteiger partial charge in [-0.25, -0.2) is 9.37 Å². The number of nitrogens with one attached hydrogen (secondary N) is 2. The number of anilines is 3. The van der Waals surface area contributed by atoms with E-state index in [1.165, 1.54) is 12.1 Å². The number of aromatic nitrogens is 3. The van der Waals surface area contributed by atoms with Crippen LogP contribution in [0.5, 0.6) is 0 Å². The summed E-state index contributed by atoms with van der Waals surface area (Å²) in [6.07, 6.45) is 1.67. The minimum absolute atomic E-state index is 0.0151. The highest BCUT2D eigenvalue weighted by molar-refractivity contribution is 6.31. The minimum atomic E-state index is -0.492. The Hall–Kier alpha value is -2.77. The van der Waals surface area contributed by atoms with Gasteiger partial charge in [-0.3, -0.25) is 4.98 Å². The molecule has 3 rings (SSSR count). The summed E-state index contributed by atoms with van der Waals surface area (Å²) in [6.45, 7) is 1.75. The van der Waals surface area contributed by atoms with E-state index >= 15 is 0 Å². The number of halogens is 2. The van der Waals surface area contributed by atoms with E-state index in [1.54, 1.807) is 18.3 Å². The number of hydrogen-bond acceptors (Lipinski definition) is 6. The van der Waals surface area contributed by atoms with Crippen molar-refractivity contribution in [1.82, 2.24) is 15.0 Å². The Bertz CT molecular complexity index is 894. The molecule has 8 heteroatoms. The second-order valence-corrected chi connectivity index (χ2v) is 6.07. The zero-order valence-electron chi connectivity index (χ0n) is 13.9. The van der Waals surface area contributed by atoms with Gasteiger partial charge in [-0.05, 0) is 37.3 Å². The molecule has 3 aromatic rings. The second-order valence-electron chi connectivity index (χ2n) is 5.66. The first-order valence-electron chi connectivity index (χ1n) is 7.95. The Labute approximate surface area is 155 Å². The molecule has 0 unspecified atom stereocenters. The van der Waals surface area contributed by atoms with Gasteiger partial charge in [0, 0.05) is 24.0 Å². The standard InChI is InChI=1S/C18H17ClFN5O/c1-11(10-26)22-18-24-16(15-4-2-3-7-21-15)9-17(25-18)23-12-5-6-14(20)13(19)8-12/h2-9,11,26H,10H2,1H3,(H2,22,23,24,25)/t11-/m0/s1. The summed E-state index contributed by atoms with van der Waals surface area (Å²) in [5, 5.41) is 15.4. The third kappa shape index (κ3) is 4.44. The molecular weight excluding hydrogens is 357 g/mol. The number of pyridine rings is 1. The third-order valence-electron chi connectivity index (χ3n) is 3.49. The summed E-state index contributed by atoms with van der Waals surface area (Å²) >= 11 is 5.83. The number of benzene rings is 1. The molecule has 0 bridgehead atoms. The van der Waals surface area contributed by atoms with Crippen LogP contribution in [0.4, 0.5) is 21.8 Å². The molecule has 2 heterocycles. The molecule has 0 aliphatic rings. The predicted octanol–water partition coefficient (Wildman–Crippen LogP) is 3.87. The fraction of sp³-hybridized carbons (Fsp3) is 0.167. The first kappa shape index (κ1) is 18.0. The van der Waals surface area contributed by atoms with Crippen molar-refractivity contribution in [3.63, 3.8) is 0 Å². The van der Waals surface area contributed by atoms with Gasteiger partial charge in [0.2, 0.25) is 5.95 Å². The lowest BCUT2D eigenvalue weighted by molar-refractivity contribution is 0.281. The van der Waals surface area contributed by atoms with Gasteiger partial charge in [-0.15, -0.1) is 0 Å². The van der Waals surface area contributed by atoms with Crippen LogP contribution in [0.1, 0.15) is 6.92 Å². The summed E-state index contributed by atoms with van der Waals surface area (Å²) in [5.74, 6) is 0.328. The molecule has 0 aliphatic carbocycles. The number of nitrogens with zero attached hydrogens (tertiary/aromatic N) is 3. The molecule has 2 aromatic heterocycles. The van der Waals surface area contributed by atoms with Crippen LogP contribution in [0.3, 0.4) is 0 Å². The summed E-state index contributed by atoms with van der Waals surface area (Å²) in [5.41, 5.74) is 1.86. The molecule has 0 saturated carbocycles. The highest BCUT2D eigenvalue weighted by Gasteiger charge is 2.10. The monoisotopic (exact) mass is 373 g/mol. The molecule has 0 spiro atoms. The quantitative estimate of drug-likeness (QED) is 0.608. The maximum atomic E-state index is 13.3. The predicted molar refractivity (Wildman–Crippen MR) is 100 cm³/mol. The van der Waals surface area contributed by atoms with E-state index in [2.05, 4.69) is 25.6 Å². The van der Waals surface area contributed by atoms with Crippen molar-refractivity contribution in [3.05, 3.63) is 59.5 Å². The van der Waals surface area contributed by atoms with Crippen molar-refractivity contribution < 1.29 is 9.50 Å². The fourth-order valence-corrected chi connectivity index (χ4v) is 2.39. The van der Waals surface area contributed by atoms with Gasteiger partial charge < -0.3 is 15.7 Å². The van der Waals surface area contributed by atoms with Gasteiger partial charge >= 0.3 is 0 Å². The summed E-state index contributed by atoms with van der Waals surface area (Å²) < 4.78 is 13.3. The van der Waals surface area contributed by atoms with Gasteiger partial charge in [0.1, 0.15) is 11.6 Å². The topological polar surface area (TPSA) is 83.0 Å². The molecule has 6 nitrogen and oxygen atoms in total. The van der Waals surface area contributed by atoms with E-state index in [0.29, 0.717) is 28.8 Å². The van der Waals surface area contributed by atoms with Crippen LogP contribution >= 0.6 is 11.6 Å². The first-order valence-corrected chi connectivity index (χ1v) is 8.33. The molecule has 1 atom stereocenters. The highest BCUT2D eigenvalue weighted by atomic mass is 35.5. The summed E-state index contributed by atoms with van der Waals surface area (Å²) in [6, 6.07) is 11.3. The normalized spacial score (nSPS) is 11.8. The largest absolute Gasteiger partial charge is 0.394 e. The first-order chi connectivity index (χ1) is 12.5. The van der Waals surface area contributed by atoms with Crippen LogP contribution in [0, 0.1) is 5.82 Å². The Balaban J connectivity index is 1.97. The third-order valence-corrected chi connectivity index (χ3v) is 3.78. The van der Waals surface area contributed by atoms with Crippen LogP contribution < -0.4 is 10.6 Å².